The van der Waals surface area contributed by atoms with Crippen LogP contribution in [0.2, 0.25) is 0 Å². The van der Waals surface area contributed by atoms with Gasteiger partial charge in [0.15, 0.2) is 0 Å². The van der Waals surface area contributed by atoms with Crippen molar-refractivity contribution in [3.8, 4) is 0 Å². The fourth-order valence-corrected chi connectivity index (χ4v) is 3.64. The first-order chi connectivity index (χ1) is 9.69. The lowest BCUT2D eigenvalue weighted by molar-refractivity contribution is 0.100. The number of carbonyl (C=O) groups excluding carboxylic acids is 1. The molecular formula is C16H23N3O. The topological polar surface area (TPSA) is 58.4 Å². The largest absolute Gasteiger partial charge is 0.371 e. The van der Waals surface area contributed by atoms with Crippen molar-refractivity contribution in [1.29, 1.82) is 0 Å². The Morgan fingerprint density at radius 1 is 1.20 bits per heavy atom. The molecule has 1 atom stereocenters. The molecule has 1 spiro atoms. The second-order valence-electron chi connectivity index (χ2n) is 6.22. The average Bonchev–Trinajstić information content (AvgIpc) is 2.48. The van der Waals surface area contributed by atoms with E-state index in [1.54, 1.807) is 0 Å². The fraction of sp³-hybridized carbons (Fsp3) is 0.562. The molecular weight excluding hydrogens is 250 g/mol. The quantitative estimate of drug-likeness (QED) is 0.863. The molecule has 2 aliphatic rings. The molecule has 1 unspecified atom stereocenters. The monoisotopic (exact) mass is 273 g/mol. The Kier molecular flexibility index (Phi) is 3.66. The van der Waals surface area contributed by atoms with Crippen LogP contribution in [0.4, 0.5) is 5.69 Å². The molecule has 20 heavy (non-hydrogen) atoms. The smallest absolute Gasteiger partial charge is 0.248 e. The molecule has 0 aromatic heterocycles. The number of hydrogen-bond acceptors (Lipinski definition) is 3. The van der Waals surface area contributed by atoms with Gasteiger partial charge in [-0.2, -0.15) is 0 Å². The number of primary amides is 1. The molecule has 3 N–H and O–H groups in total. The Hall–Kier alpha value is -1.55. The summed E-state index contributed by atoms with van der Waals surface area (Å²) in [6.45, 7) is 4.53. The molecule has 2 heterocycles. The SMILES string of the molecule is NC(=O)c1ccc(N2CCCC3(CCCNC3)C2)cc1. The first kappa shape index (κ1) is 13.4. The van der Waals surface area contributed by atoms with Crippen molar-refractivity contribution in [2.24, 2.45) is 11.1 Å². The van der Waals surface area contributed by atoms with Crippen LogP contribution in [0.5, 0.6) is 0 Å². The van der Waals surface area contributed by atoms with E-state index in [4.69, 9.17) is 5.73 Å². The number of piperidine rings is 2. The van der Waals surface area contributed by atoms with Crippen LogP contribution in [0.15, 0.2) is 24.3 Å². The third-order valence-corrected chi connectivity index (χ3v) is 4.74. The molecule has 4 nitrogen and oxygen atoms in total. The van der Waals surface area contributed by atoms with E-state index in [0.29, 0.717) is 11.0 Å². The zero-order valence-electron chi connectivity index (χ0n) is 11.9. The predicted octanol–water partition coefficient (Wildman–Crippen LogP) is 1.76. The van der Waals surface area contributed by atoms with Gasteiger partial charge in [0.1, 0.15) is 0 Å². The first-order valence-corrected chi connectivity index (χ1v) is 7.54. The summed E-state index contributed by atoms with van der Waals surface area (Å²) in [5.41, 5.74) is 7.53. The Balaban J connectivity index is 1.74. The van der Waals surface area contributed by atoms with Gasteiger partial charge in [-0.1, -0.05) is 0 Å². The minimum atomic E-state index is -0.358. The molecule has 0 saturated carbocycles. The van der Waals surface area contributed by atoms with Crippen LogP contribution >= 0.6 is 0 Å². The van der Waals surface area contributed by atoms with Crippen molar-refractivity contribution < 1.29 is 4.79 Å². The van der Waals surface area contributed by atoms with Gasteiger partial charge in [-0.25, -0.2) is 0 Å². The summed E-state index contributed by atoms with van der Waals surface area (Å²) in [6.07, 6.45) is 5.19. The highest BCUT2D eigenvalue weighted by Gasteiger charge is 2.36. The van der Waals surface area contributed by atoms with E-state index in [0.717, 1.165) is 26.2 Å². The summed E-state index contributed by atoms with van der Waals surface area (Å²) in [6, 6.07) is 7.71. The maximum Gasteiger partial charge on any atom is 0.248 e. The van der Waals surface area contributed by atoms with E-state index in [1.165, 1.54) is 31.4 Å². The molecule has 2 aliphatic heterocycles. The van der Waals surface area contributed by atoms with Crippen molar-refractivity contribution in [3.05, 3.63) is 29.8 Å². The van der Waals surface area contributed by atoms with Gasteiger partial charge >= 0.3 is 0 Å². The zero-order chi connectivity index (χ0) is 14.0. The summed E-state index contributed by atoms with van der Waals surface area (Å²) < 4.78 is 0. The van der Waals surface area contributed by atoms with Crippen LogP contribution in [-0.2, 0) is 0 Å². The Morgan fingerprint density at radius 2 is 1.95 bits per heavy atom. The summed E-state index contributed by atoms with van der Waals surface area (Å²) in [7, 11) is 0. The molecule has 1 aromatic carbocycles. The average molecular weight is 273 g/mol. The number of anilines is 1. The summed E-state index contributed by atoms with van der Waals surface area (Å²) in [5, 5.41) is 3.55. The van der Waals surface area contributed by atoms with Gasteiger partial charge in [-0.15, -0.1) is 0 Å². The Morgan fingerprint density at radius 3 is 2.60 bits per heavy atom. The van der Waals surface area contributed by atoms with Crippen LogP contribution in [0.3, 0.4) is 0 Å². The Bertz CT molecular complexity index is 471. The molecule has 4 heteroatoms. The number of nitrogens with one attached hydrogen (secondary N) is 1. The van der Waals surface area contributed by atoms with Gasteiger partial charge in [0, 0.05) is 36.3 Å². The number of rotatable bonds is 2. The van der Waals surface area contributed by atoms with E-state index < -0.39 is 0 Å². The van der Waals surface area contributed by atoms with E-state index in [-0.39, 0.29) is 5.91 Å². The van der Waals surface area contributed by atoms with Crippen molar-refractivity contribution in [2.75, 3.05) is 31.1 Å². The van der Waals surface area contributed by atoms with Crippen LogP contribution in [-0.4, -0.2) is 32.1 Å². The highest BCUT2D eigenvalue weighted by atomic mass is 16.1. The molecule has 3 rings (SSSR count). The lowest BCUT2D eigenvalue weighted by Gasteiger charge is -2.46. The van der Waals surface area contributed by atoms with Crippen LogP contribution in [0.25, 0.3) is 0 Å². The maximum absolute atomic E-state index is 11.1. The van der Waals surface area contributed by atoms with Gasteiger partial charge < -0.3 is 16.0 Å². The van der Waals surface area contributed by atoms with Crippen molar-refractivity contribution >= 4 is 11.6 Å². The molecule has 108 valence electrons. The number of nitrogens with zero attached hydrogens (tertiary/aromatic N) is 1. The van der Waals surface area contributed by atoms with Gasteiger partial charge in [-0.3, -0.25) is 4.79 Å². The number of amides is 1. The summed E-state index contributed by atoms with van der Waals surface area (Å²) in [5.74, 6) is -0.358. The fourth-order valence-electron chi connectivity index (χ4n) is 3.64. The summed E-state index contributed by atoms with van der Waals surface area (Å²) >= 11 is 0. The second-order valence-corrected chi connectivity index (χ2v) is 6.22. The lowest BCUT2D eigenvalue weighted by atomic mass is 9.74. The maximum atomic E-state index is 11.1. The standard InChI is InChI=1S/C16H23N3O/c17-15(20)13-3-5-14(6-4-13)19-10-2-8-16(12-19)7-1-9-18-11-16/h3-6,18H,1-2,7-12H2,(H2,17,20). The van der Waals surface area contributed by atoms with Gasteiger partial charge in [-0.05, 0) is 56.5 Å². The van der Waals surface area contributed by atoms with Crippen LogP contribution < -0.4 is 16.0 Å². The van der Waals surface area contributed by atoms with Gasteiger partial charge in [0.2, 0.25) is 5.91 Å². The Labute approximate surface area is 120 Å². The van der Waals surface area contributed by atoms with Crippen molar-refractivity contribution in [3.63, 3.8) is 0 Å². The second kappa shape index (κ2) is 5.44. The first-order valence-electron chi connectivity index (χ1n) is 7.54. The zero-order valence-corrected chi connectivity index (χ0v) is 11.9. The van der Waals surface area contributed by atoms with E-state index >= 15 is 0 Å². The lowest BCUT2D eigenvalue weighted by Crippen LogP contribution is -2.51. The number of benzene rings is 1. The van der Waals surface area contributed by atoms with Crippen LogP contribution in [0, 0.1) is 5.41 Å². The van der Waals surface area contributed by atoms with E-state index in [2.05, 4.69) is 10.2 Å². The summed E-state index contributed by atoms with van der Waals surface area (Å²) in [4.78, 5) is 13.6. The highest BCUT2D eigenvalue weighted by molar-refractivity contribution is 5.93. The number of carbonyl (C=O) groups is 1. The molecule has 0 bridgehead atoms. The normalized spacial score (nSPS) is 26.7. The molecule has 2 fully saturated rings. The molecule has 0 radical (unpaired) electrons. The predicted molar refractivity (Wildman–Crippen MR) is 80.9 cm³/mol. The van der Waals surface area contributed by atoms with Crippen molar-refractivity contribution in [2.45, 2.75) is 25.7 Å². The third-order valence-electron chi connectivity index (χ3n) is 4.74. The minimum Gasteiger partial charge on any atom is -0.371 e. The van der Waals surface area contributed by atoms with Crippen molar-refractivity contribution in [1.82, 2.24) is 5.32 Å². The number of hydrogen-bond donors (Lipinski definition) is 2. The molecule has 1 amide bonds. The minimum absolute atomic E-state index is 0.358. The van der Waals surface area contributed by atoms with Gasteiger partial charge in [0.25, 0.3) is 0 Å². The molecule has 1 aromatic rings. The van der Waals surface area contributed by atoms with Crippen LogP contribution in [0.1, 0.15) is 36.0 Å². The molecule has 0 aliphatic carbocycles. The van der Waals surface area contributed by atoms with E-state index in [1.807, 2.05) is 24.3 Å². The molecule has 2 saturated heterocycles. The van der Waals surface area contributed by atoms with Gasteiger partial charge in [0.05, 0.1) is 0 Å². The number of nitrogens with two attached hydrogens (primary N) is 1. The third kappa shape index (κ3) is 2.66. The highest BCUT2D eigenvalue weighted by Crippen LogP contribution is 2.37. The van der Waals surface area contributed by atoms with E-state index in [9.17, 15) is 4.79 Å².